The highest BCUT2D eigenvalue weighted by Gasteiger charge is 2.27. The second kappa shape index (κ2) is 5.09. The molecule has 5 heteroatoms. The van der Waals surface area contributed by atoms with Gasteiger partial charge in [-0.15, -0.1) is 10.2 Å². The van der Waals surface area contributed by atoms with Crippen molar-refractivity contribution >= 4 is 23.1 Å². The van der Waals surface area contributed by atoms with Crippen molar-refractivity contribution in [2.45, 2.75) is 35.9 Å². The Morgan fingerprint density at radius 3 is 2.93 bits per heavy atom. The van der Waals surface area contributed by atoms with Crippen molar-refractivity contribution in [3.05, 3.63) is 5.01 Å². The quantitative estimate of drug-likeness (QED) is 0.601. The van der Waals surface area contributed by atoms with Crippen LogP contribution in [0.1, 0.15) is 36.6 Å². The van der Waals surface area contributed by atoms with Crippen LogP contribution in [0.3, 0.4) is 0 Å². The van der Waals surface area contributed by atoms with Gasteiger partial charge in [-0.1, -0.05) is 23.1 Å². The molecule has 0 amide bonds. The summed E-state index contributed by atoms with van der Waals surface area (Å²) in [5.41, 5.74) is 0. The van der Waals surface area contributed by atoms with Gasteiger partial charge in [0.05, 0.1) is 0 Å². The Morgan fingerprint density at radius 1 is 1.36 bits per heavy atom. The van der Waals surface area contributed by atoms with Gasteiger partial charge in [0.15, 0.2) is 4.34 Å². The van der Waals surface area contributed by atoms with Gasteiger partial charge in [0.2, 0.25) is 0 Å². The molecular formula is C9H14N2OS2. The van der Waals surface area contributed by atoms with Crippen molar-refractivity contribution in [2.75, 3.05) is 12.4 Å². The standard InChI is InChI=1S/C9H14N2OS2/c12-5-1-2-6-13-9-11-10-8(14-9)7-3-4-7/h7,12H,1-6H2. The van der Waals surface area contributed by atoms with Crippen LogP contribution in [0.5, 0.6) is 0 Å². The minimum atomic E-state index is 0.296. The molecule has 1 heterocycles. The molecule has 1 aliphatic rings. The molecule has 1 aromatic rings. The maximum atomic E-state index is 8.61. The molecule has 0 unspecified atom stereocenters. The molecule has 1 N–H and O–H groups in total. The van der Waals surface area contributed by atoms with Crippen molar-refractivity contribution < 1.29 is 5.11 Å². The van der Waals surface area contributed by atoms with Gasteiger partial charge in [-0.05, 0) is 25.7 Å². The van der Waals surface area contributed by atoms with E-state index in [4.69, 9.17) is 5.11 Å². The number of hydrogen-bond donors (Lipinski definition) is 1. The van der Waals surface area contributed by atoms with Gasteiger partial charge in [-0.25, -0.2) is 0 Å². The lowest BCUT2D eigenvalue weighted by Crippen LogP contribution is -1.84. The zero-order valence-corrected chi connectivity index (χ0v) is 9.61. The lowest BCUT2D eigenvalue weighted by molar-refractivity contribution is 0.287. The highest BCUT2D eigenvalue weighted by molar-refractivity contribution is 8.01. The van der Waals surface area contributed by atoms with Crippen LogP contribution < -0.4 is 0 Å². The first-order valence-corrected chi connectivity index (χ1v) is 6.77. The molecule has 0 aliphatic heterocycles. The van der Waals surface area contributed by atoms with E-state index < -0.39 is 0 Å². The van der Waals surface area contributed by atoms with Crippen LogP contribution in [-0.4, -0.2) is 27.7 Å². The van der Waals surface area contributed by atoms with Crippen LogP contribution in [0, 0.1) is 0 Å². The fourth-order valence-electron chi connectivity index (χ4n) is 1.15. The first-order valence-electron chi connectivity index (χ1n) is 4.97. The minimum absolute atomic E-state index is 0.296. The summed E-state index contributed by atoms with van der Waals surface area (Å²) in [5, 5.41) is 18.2. The third-order valence-electron chi connectivity index (χ3n) is 2.13. The molecule has 0 radical (unpaired) electrons. The summed E-state index contributed by atoms with van der Waals surface area (Å²) in [4.78, 5) is 0. The average molecular weight is 230 g/mol. The van der Waals surface area contributed by atoms with Gasteiger partial charge in [-0.3, -0.25) is 0 Å². The molecule has 0 bridgehead atoms. The third kappa shape index (κ3) is 2.93. The van der Waals surface area contributed by atoms with Crippen molar-refractivity contribution in [3.63, 3.8) is 0 Å². The van der Waals surface area contributed by atoms with E-state index in [9.17, 15) is 0 Å². The Kier molecular flexibility index (Phi) is 3.78. The highest BCUT2D eigenvalue weighted by Crippen LogP contribution is 2.42. The number of aromatic nitrogens is 2. The normalized spacial score (nSPS) is 16.1. The van der Waals surface area contributed by atoms with Crippen molar-refractivity contribution in [3.8, 4) is 0 Å². The molecule has 3 nitrogen and oxygen atoms in total. The zero-order valence-electron chi connectivity index (χ0n) is 7.98. The summed E-state index contributed by atoms with van der Waals surface area (Å²) in [6.07, 6.45) is 4.54. The maximum absolute atomic E-state index is 8.61. The Bertz CT molecular complexity index is 286. The van der Waals surface area contributed by atoms with Gasteiger partial charge in [0, 0.05) is 18.3 Å². The number of aliphatic hydroxyl groups excluding tert-OH is 1. The van der Waals surface area contributed by atoms with Gasteiger partial charge in [0.25, 0.3) is 0 Å². The minimum Gasteiger partial charge on any atom is -0.396 e. The molecule has 1 aliphatic carbocycles. The molecule has 0 saturated heterocycles. The lowest BCUT2D eigenvalue weighted by Gasteiger charge is -1.94. The SMILES string of the molecule is OCCCCSc1nnc(C2CC2)s1. The predicted octanol–water partition coefficient (Wildman–Crippen LogP) is 2.28. The summed E-state index contributed by atoms with van der Waals surface area (Å²) >= 11 is 3.50. The fourth-order valence-corrected chi connectivity index (χ4v) is 3.26. The number of nitrogens with zero attached hydrogens (tertiary/aromatic N) is 2. The largest absolute Gasteiger partial charge is 0.396 e. The molecule has 14 heavy (non-hydrogen) atoms. The number of unbranched alkanes of at least 4 members (excludes halogenated alkanes) is 1. The Labute approximate surface area is 91.9 Å². The first-order chi connectivity index (χ1) is 6.90. The van der Waals surface area contributed by atoms with Crippen LogP contribution in [-0.2, 0) is 0 Å². The van der Waals surface area contributed by atoms with Crippen LogP contribution in [0.4, 0.5) is 0 Å². The molecule has 0 spiro atoms. The van der Waals surface area contributed by atoms with Crippen LogP contribution in [0.2, 0.25) is 0 Å². The molecule has 1 saturated carbocycles. The summed E-state index contributed by atoms with van der Waals surface area (Å²) in [6.45, 7) is 0.296. The van der Waals surface area contributed by atoms with E-state index in [2.05, 4.69) is 10.2 Å². The first kappa shape index (κ1) is 10.4. The number of hydrogen-bond acceptors (Lipinski definition) is 5. The topological polar surface area (TPSA) is 46.0 Å². The fraction of sp³-hybridized carbons (Fsp3) is 0.778. The lowest BCUT2D eigenvalue weighted by atomic mass is 10.4. The molecular weight excluding hydrogens is 216 g/mol. The van der Waals surface area contributed by atoms with Crippen molar-refractivity contribution in [1.82, 2.24) is 10.2 Å². The number of thioether (sulfide) groups is 1. The summed E-state index contributed by atoms with van der Waals surface area (Å²) in [7, 11) is 0. The smallest absolute Gasteiger partial charge is 0.174 e. The van der Waals surface area contributed by atoms with Crippen LogP contribution >= 0.6 is 23.1 Å². The number of rotatable bonds is 6. The van der Waals surface area contributed by atoms with E-state index in [-0.39, 0.29) is 0 Å². The van der Waals surface area contributed by atoms with E-state index in [0.717, 1.165) is 28.9 Å². The van der Waals surface area contributed by atoms with E-state index in [1.54, 1.807) is 23.1 Å². The summed E-state index contributed by atoms with van der Waals surface area (Å²) < 4.78 is 1.09. The molecule has 78 valence electrons. The molecule has 0 aromatic carbocycles. The Hall–Kier alpha value is -0.130. The second-order valence-electron chi connectivity index (χ2n) is 3.46. The van der Waals surface area contributed by atoms with Gasteiger partial charge >= 0.3 is 0 Å². The number of aliphatic hydroxyl groups is 1. The highest BCUT2D eigenvalue weighted by atomic mass is 32.2. The summed E-state index contributed by atoms with van der Waals surface area (Å²) in [6, 6.07) is 0. The molecule has 2 rings (SSSR count). The molecule has 1 fully saturated rings. The second-order valence-corrected chi connectivity index (χ2v) is 5.81. The monoisotopic (exact) mass is 230 g/mol. The van der Waals surface area contributed by atoms with E-state index >= 15 is 0 Å². The zero-order chi connectivity index (χ0) is 9.80. The Balaban J connectivity index is 1.72. The Morgan fingerprint density at radius 2 is 2.21 bits per heavy atom. The van der Waals surface area contributed by atoms with Crippen molar-refractivity contribution in [2.24, 2.45) is 0 Å². The molecule has 0 atom stereocenters. The van der Waals surface area contributed by atoms with Gasteiger partial charge in [0.1, 0.15) is 5.01 Å². The predicted molar refractivity (Wildman–Crippen MR) is 58.9 cm³/mol. The van der Waals surface area contributed by atoms with E-state index in [1.807, 2.05) is 0 Å². The van der Waals surface area contributed by atoms with Gasteiger partial charge in [-0.2, -0.15) is 0 Å². The average Bonchev–Trinajstić information content (AvgIpc) is 2.94. The van der Waals surface area contributed by atoms with Gasteiger partial charge < -0.3 is 5.11 Å². The van der Waals surface area contributed by atoms with E-state index in [0.29, 0.717) is 6.61 Å². The van der Waals surface area contributed by atoms with Crippen LogP contribution in [0.15, 0.2) is 4.34 Å². The third-order valence-corrected chi connectivity index (χ3v) is 4.43. The van der Waals surface area contributed by atoms with Crippen LogP contribution in [0.25, 0.3) is 0 Å². The maximum Gasteiger partial charge on any atom is 0.174 e. The van der Waals surface area contributed by atoms with E-state index in [1.165, 1.54) is 17.8 Å². The molecule has 1 aromatic heterocycles. The van der Waals surface area contributed by atoms with Crippen molar-refractivity contribution in [1.29, 1.82) is 0 Å². The summed E-state index contributed by atoms with van der Waals surface area (Å²) in [5.74, 6) is 1.76.